The number of aromatic nitrogens is 2. The van der Waals surface area contributed by atoms with E-state index in [1.54, 1.807) is 29.1 Å². The molecule has 19 heavy (non-hydrogen) atoms. The SMILES string of the molecule is C=C(C)CNC(=O)c1ccn(-c2cccc(N)c2)n1. The first kappa shape index (κ1) is 12.9. The Morgan fingerprint density at radius 3 is 2.95 bits per heavy atom. The molecule has 98 valence electrons. The highest BCUT2D eigenvalue weighted by Crippen LogP contribution is 2.11. The molecule has 2 aromatic rings. The Hall–Kier alpha value is -2.56. The van der Waals surface area contributed by atoms with Gasteiger partial charge in [0.05, 0.1) is 5.69 Å². The van der Waals surface area contributed by atoms with Crippen molar-refractivity contribution in [1.29, 1.82) is 0 Å². The van der Waals surface area contributed by atoms with Gasteiger partial charge >= 0.3 is 0 Å². The van der Waals surface area contributed by atoms with E-state index in [1.807, 2.05) is 19.1 Å². The van der Waals surface area contributed by atoms with Crippen LogP contribution in [0.5, 0.6) is 0 Å². The van der Waals surface area contributed by atoms with Gasteiger partial charge in [0.2, 0.25) is 0 Å². The van der Waals surface area contributed by atoms with Crippen LogP contribution in [0, 0.1) is 0 Å². The van der Waals surface area contributed by atoms with Gasteiger partial charge in [0, 0.05) is 18.4 Å². The second kappa shape index (κ2) is 5.39. The van der Waals surface area contributed by atoms with E-state index >= 15 is 0 Å². The molecule has 0 saturated carbocycles. The summed E-state index contributed by atoms with van der Waals surface area (Å²) in [5.74, 6) is -0.217. The van der Waals surface area contributed by atoms with Gasteiger partial charge in [0.15, 0.2) is 5.69 Å². The van der Waals surface area contributed by atoms with E-state index in [-0.39, 0.29) is 5.91 Å². The average molecular weight is 256 g/mol. The highest BCUT2D eigenvalue weighted by atomic mass is 16.1. The maximum absolute atomic E-state index is 11.8. The van der Waals surface area contributed by atoms with E-state index in [0.29, 0.717) is 17.9 Å². The van der Waals surface area contributed by atoms with Gasteiger partial charge in [-0.15, -0.1) is 0 Å². The van der Waals surface area contributed by atoms with Crippen molar-refractivity contribution in [2.24, 2.45) is 0 Å². The third-order valence-electron chi connectivity index (χ3n) is 2.51. The van der Waals surface area contributed by atoms with Gasteiger partial charge in [-0.1, -0.05) is 18.2 Å². The van der Waals surface area contributed by atoms with Crippen molar-refractivity contribution in [3.8, 4) is 5.69 Å². The second-order valence-electron chi connectivity index (χ2n) is 4.38. The molecule has 5 heteroatoms. The van der Waals surface area contributed by atoms with Crippen LogP contribution in [-0.4, -0.2) is 22.2 Å². The topological polar surface area (TPSA) is 72.9 Å². The largest absolute Gasteiger partial charge is 0.399 e. The molecule has 1 heterocycles. The Bertz CT molecular complexity index is 615. The lowest BCUT2D eigenvalue weighted by Gasteiger charge is -2.03. The summed E-state index contributed by atoms with van der Waals surface area (Å²) in [6.45, 7) is 6.03. The quantitative estimate of drug-likeness (QED) is 0.646. The smallest absolute Gasteiger partial charge is 0.272 e. The summed E-state index contributed by atoms with van der Waals surface area (Å²) in [5, 5.41) is 6.95. The van der Waals surface area contributed by atoms with Crippen LogP contribution in [0.4, 0.5) is 5.69 Å². The molecule has 0 saturated heterocycles. The van der Waals surface area contributed by atoms with Crippen molar-refractivity contribution >= 4 is 11.6 Å². The van der Waals surface area contributed by atoms with Crippen molar-refractivity contribution in [3.05, 3.63) is 54.4 Å². The van der Waals surface area contributed by atoms with Crippen LogP contribution in [-0.2, 0) is 0 Å². The Morgan fingerprint density at radius 2 is 2.26 bits per heavy atom. The highest BCUT2D eigenvalue weighted by molar-refractivity contribution is 5.92. The number of nitrogen functional groups attached to an aromatic ring is 1. The number of anilines is 1. The zero-order valence-corrected chi connectivity index (χ0v) is 10.8. The first-order chi connectivity index (χ1) is 9.06. The fourth-order valence-corrected chi connectivity index (χ4v) is 1.58. The summed E-state index contributed by atoms with van der Waals surface area (Å²) in [6.07, 6.45) is 1.73. The summed E-state index contributed by atoms with van der Waals surface area (Å²) in [6, 6.07) is 8.97. The van der Waals surface area contributed by atoms with Crippen LogP contribution in [0.15, 0.2) is 48.7 Å². The molecule has 1 amide bonds. The molecule has 3 N–H and O–H groups in total. The molecule has 0 unspecified atom stereocenters. The monoisotopic (exact) mass is 256 g/mol. The van der Waals surface area contributed by atoms with E-state index in [4.69, 9.17) is 5.73 Å². The van der Waals surface area contributed by atoms with Crippen molar-refractivity contribution in [1.82, 2.24) is 15.1 Å². The molecular formula is C14H16N4O. The van der Waals surface area contributed by atoms with Gasteiger partial charge in [0.1, 0.15) is 0 Å². The minimum absolute atomic E-state index is 0.217. The normalized spacial score (nSPS) is 10.2. The lowest BCUT2D eigenvalue weighted by molar-refractivity contribution is 0.0951. The first-order valence-corrected chi connectivity index (χ1v) is 5.90. The lowest BCUT2D eigenvalue weighted by atomic mass is 10.3. The number of nitrogens with zero attached hydrogens (tertiary/aromatic N) is 2. The third-order valence-corrected chi connectivity index (χ3v) is 2.51. The molecule has 0 atom stereocenters. The van der Waals surface area contributed by atoms with Gasteiger partial charge in [-0.3, -0.25) is 4.79 Å². The third kappa shape index (κ3) is 3.22. The maximum Gasteiger partial charge on any atom is 0.272 e. The summed E-state index contributed by atoms with van der Waals surface area (Å²) in [5.41, 5.74) is 8.44. The number of nitrogens with one attached hydrogen (secondary N) is 1. The number of carbonyl (C=O) groups is 1. The van der Waals surface area contributed by atoms with Crippen LogP contribution in [0.1, 0.15) is 17.4 Å². The molecule has 0 aliphatic rings. The molecule has 0 aliphatic carbocycles. The van der Waals surface area contributed by atoms with Crippen LogP contribution in [0.2, 0.25) is 0 Å². The lowest BCUT2D eigenvalue weighted by Crippen LogP contribution is -2.25. The molecule has 0 fully saturated rings. The molecule has 1 aromatic heterocycles. The zero-order chi connectivity index (χ0) is 13.8. The maximum atomic E-state index is 11.8. The predicted molar refractivity (Wildman–Crippen MR) is 75.1 cm³/mol. The molecule has 2 rings (SSSR count). The van der Waals surface area contributed by atoms with Crippen molar-refractivity contribution < 1.29 is 4.79 Å². The first-order valence-electron chi connectivity index (χ1n) is 5.90. The van der Waals surface area contributed by atoms with Crippen molar-refractivity contribution in [3.63, 3.8) is 0 Å². The number of nitrogens with two attached hydrogens (primary N) is 1. The van der Waals surface area contributed by atoms with Gasteiger partial charge in [0.25, 0.3) is 5.91 Å². The van der Waals surface area contributed by atoms with Crippen LogP contribution in [0.25, 0.3) is 5.69 Å². The minimum Gasteiger partial charge on any atom is -0.399 e. The van der Waals surface area contributed by atoms with Gasteiger partial charge in [-0.25, -0.2) is 4.68 Å². The number of hydrogen-bond acceptors (Lipinski definition) is 3. The summed E-state index contributed by atoms with van der Waals surface area (Å²) in [4.78, 5) is 11.8. The number of amides is 1. The van der Waals surface area contributed by atoms with Gasteiger partial charge in [-0.05, 0) is 31.2 Å². The summed E-state index contributed by atoms with van der Waals surface area (Å²) in [7, 11) is 0. The Balaban J connectivity index is 2.15. The predicted octanol–water partition coefficient (Wildman–Crippen LogP) is 1.76. The van der Waals surface area contributed by atoms with Crippen molar-refractivity contribution in [2.75, 3.05) is 12.3 Å². The van der Waals surface area contributed by atoms with E-state index in [0.717, 1.165) is 11.3 Å². The van der Waals surface area contributed by atoms with Gasteiger partial charge in [-0.2, -0.15) is 5.10 Å². The Morgan fingerprint density at radius 1 is 1.47 bits per heavy atom. The zero-order valence-electron chi connectivity index (χ0n) is 10.8. The highest BCUT2D eigenvalue weighted by Gasteiger charge is 2.09. The molecule has 0 spiro atoms. The van der Waals surface area contributed by atoms with E-state index in [9.17, 15) is 4.79 Å². The van der Waals surface area contributed by atoms with E-state index < -0.39 is 0 Å². The Labute approximate surface area is 111 Å². The van der Waals surface area contributed by atoms with Crippen LogP contribution >= 0.6 is 0 Å². The van der Waals surface area contributed by atoms with E-state index in [1.165, 1.54) is 0 Å². The molecule has 0 bridgehead atoms. The molecule has 1 aromatic carbocycles. The number of benzene rings is 1. The van der Waals surface area contributed by atoms with Crippen LogP contribution < -0.4 is 11.1 Å². The second-order valence-corrected chi connectivity index (χ2v) is 4.38. The molecule has 0 aliphatic heterocycles. The number of hydrogen-bond donors (Lipinski definition) is 2. The average Bonchev–Trinajstić information content (AvgIpc) is 2.85. The number of rotatable bonds is 4. The molecule has 5 nitrogen and oxygen atoms in total. The molecule has 0 radical (unpaired) electrons. The summed E-state index contributed by atoms with van der Waals surface area (Å²) < 4.78 is 1.62. The fraction of sp³-hybridized carbons (Fsp3) is 0.143. The fourth-order valence-electron chi connectivity index (χ4n) is 1.58. The van der Waals surface area contributed by atoms with Crippen molar-refractivity contribution in [2.45, 2.75) is 6.92 Å². The van der Waals surface area contributed by atoms with E-state index in [2.05, 4.69) is 17.0 Å². The van der Waals surface area contributed by atoms with Crippen LogP contribution in [0.3, 0.4) is 0 Å². The summed E-state index contributed by atoms with van der Waals surface area (Å²) >= 11 is 0. The standard InChI is InChI=1S/C14H16N4O/c1-10(2)9-16-14(19)13-6-7-18(17-13)12-5-3-4-11(15)8-12/h3-8H,1,9,15H2,2H3,(H,16,19). The molecular weight excluding hydrogens is 240 g/mol. The minimum atomic E-state index is -0.217. The Kier molecular flexibility index (Phi) is 3.66. The number of carbonyl (C=O) groups excluding carboxylic acids is 1. The van der Waals surface area contributed by atoms with Gasteiger partial charge < -0.3 is 11.1 Å².